The van der Waals surface area contributed by atoms with Crippen molar-refractivity contribution < 1.29 is 17.9 Å². The first-order valence-electron chi connectivity index (χ1n) is 5.22. The minimum Gasteiger partial charge on any atom is -0.465 e. The number of rotatable bonds is 2. The van der Waals surface area contributed by atoms with Crippen LogP contribution in [0.15, 0.2) is 29.3 Å². The highest BCUT2D eigenvalue weighted by atomic mass is 32.2. The van der Waals surface area contributed by atoms with Gasteiger partial charge in [-0.2, -0.15) is 0 Å². The minimum absolute atomic E-state index is 0.186. The summed E-state index contributed by atoms with van der Waals surface area (Å²) >= 11 is 0. The van der Waals surface area contributed by atoms with Crippen LogP contribution in [0.1, 0.15) is 10.4 Å². The first kappa shape index (κ1) is 12.6. The lowest BCUT2D eigenvalue weighted by Gasteiger charge is -2.01. The topological polar surface area (TPSA) is 65.4 Å². The molecule has 0 bridgehead atoms. The van der Waals surface area contributed by atoms with Gasteiger partial charge in [-0.25, -0.2) is 13.2 Å². The summed E-state index contributed by atoms with van der Waals surface area (Å²) in [6.07, 6.45) is 2.76. The Hall–Kier alpha value is -1.82. The number of hydrogen-bond acceptors (Lipinski definition) is 4. The fourth-order valence-electron chi connectivity index (χ4n) is 1.87. The third-order valence-corrected chi connectivity index (χ3v) is 3.90. The average Bonchev–Trinajstić information content (AvgIpc) is 2.64. The van der Waals surface area contributed by atoms with Crippen LogP contribution in [0.2, 0.25) is 0 Å². The van der Waals surface area contributed by atoms with Crippen molar-refractivity contribution in [2.45, 2.75) is 4.90 Å². The van der Waals surface area contributed by atoms with E-state index in [1.54, 1.807) is 23.9 Å². The van der Waals surface area contributed by atoms with E-state index in [-0.39, 0.29) is 4.90 Å². The molecule has 0 atom stereocenters. The molecule has 0 unspecified atom stereocenters. The summed E-state index contributed by atoms with van der Waals surface area (Å²) in [7, 11) is -0.216. The Balaban J connectivity index is 2.78. The highest BCUT2D eigenvalue weighted by Gasteiger charge is 2.16. The molecular formula is C12H13NO4S. The number of nitrogens with zero attached hydrogens (tertiary/aromatic N) is 1. The van der Waals surface area contributed by atoms with Crippen LogP contribution in [-0.4, -0.2) is 32.3 Å². The fraction of sp³-hybridized carbons (Fsp3) is 0.250. The summed E-state index contributed by atoms with van der Waals surface area (Å²) in [5.74, 6) is -0.480. The summed E-state index contributed by atoms with van der Waals surface area (Å²) in [5.41, 5.74) is 1.14. The van der Waals surface area contributed by atoms with E-state index in [0.717, 1.165) is 11.8 Å². The highest BCUT2D eigenvalue weighted by molar-refractivity contribution is 7.90. The van der Waals surface area contributed by atoms with Gasteiger partial charge in [0.15, 0.2) is 9.84 Å². The third-order valence-electron chi connectivity index (χ3n) is 2.79. The largest absolute Gasteiger partial charge is 0.465 e. The van der Waals surface area contributed by atoms with Crippen LogP contribution in [-0.2, 0) is 21.6 Å². The number of hydrogen-bond donors (Lipinski definition) is 0. The quantitative estimate of drug-likeness (QED) is 0.771. The van der Waals surface area contributed by atoms with Crippen molar-refractivity contribution in [3.8, 4) is 0 Å². The molecule has 0 saturated carbocycles. The van der Waals surface area contributed by atoms with Crippen molar-refractivity contribution in [2.24, 2.45) is 7.05 Å². The SMILES string of the molecule is COC(=O)c1cn(C)c2ccc(S(C)(=O)=O)cc12. The van der Waals surface area contributed by atoms with Gasteiger partial charge in [-0.3, -0.25) is 0 Å². The molecule has 6 heteroatoms. The zero-order valence-corrected chi connectivity index (χ0v) is 11.1. The smallest absolute Gasteiger partial charge is 0.340 e. The van der Waals surface area contributed by atoms with Crippen LogP contribution in [0, 0.1) is 0 Å². The van der Waals surface area contributed by atoms with Crippen molar-refractivity contribution >= 4 is 26.7 Å². The summed E-state index contributed by atoms with van der Waals surface area (Å²) in [4.78, 5) is 11.8. The van der Waals surface area contributed by atoms with Gasteiger partial charge in [-0.05, 0) is 18.2 Å². The van der Waals surface area contributed by atoms with E-state index in [9.17, 15) is 13.2 Å². The number of carbonyl (C=O) groups excluding carboxylic acids is 1. The Morgan fingerprint density at radius 2 is 2.00 bits per heavy atom. The molecule has 0 saturated heterocycles. The number of methoxy groups -OCH3 is 1. The zero-order valence-electron chi connectivity index (χ0n) is 10.3. The van der Waals surface area contributed by atoms with Crippen LogP contribution in [0.4, 0.5) is 0 Å². The van der Waals surface area contributed by atoms with Gasteiger partial charge in [-0.15, -0.1) is 0 Å². The predicted octanol–water partition coefficient (Wildman–Crippen LogP) is 1.37. The Labute approximate surface area is 105 Å². The second-order valence-electron chi connectivity index (χ2n) is 4.10. The molecule has 0 amide bonds. The summed E-state index contributed by atoms with van der Waals surface area (Å²) < 4.78 is 29.5. The van der Waals surface area contributed by atoms with Gasteiger partial charge in [0.2, 0.25) is 0 Å². The number of carbonyl (C=O) groups is 1. The molecule has 1 aromatic carbocycles. The molecule has 96 valence electrons. The standard InChI is InChI=1S/C12H13NO4S/c1-13-7-10(12(14)17-2)9-6-8(18(3,15)16)4-5-11(9)13/h4-7H,1-3H3. The molecule has 0 spiro atoms. The van der Waals surface area contributed by atoms with Crippen LogP contribution in [0.3, 0.4) is 0 Å². The molecule has 5 nitrogen and oxygen atoms in total. The van der Waals surface area contributed by atoms with Crippen LogP contribution in [0.5, 0.6) is 0 Å². The maximum absolute atomic E-state index is 11.6. The van der Waals surface area contributed by atoms with Crippen molar-refractivity contribution in [3.05, 3.63) is 30.0 Å². The fourth-order valence-corrected chi connectivity index (χ4v) is 2.52. The average molecular weight is 267 g/mol. The van der Waals surface area contributed by atoms with Gasteiger partial charge in [0.1, 0.15) is 0 Å². The van der Waals surface area contributed by atoms with Crippen molar-refractivity contribution in [1.82, 2.24) is 4.57 Å². The number of ether oxygens (including phenoxy) is 1. The van der Waals surface area contributed by atoms with Gasteiger partial charge in [0.05, 0.1) is 17.6 Å². The second kappa shape index (κ2) is 4.13. The number of aromatic nitrogens is 1. The number of esters is 1. The van der Waals surface area contributed by atoms with Gasteiger partial charge >= 0.3 is 5.97 Å². The summed E-state index contributed by atoms with van der Waals surface area (Å²) in [5, 5.41) is 0.576. The molecule has 0 aliphatic rings. The molecule has 2 aromatic rings. The predicted molar refractivity (Wildman–Crippen MR) is 67.4 cm³/mol. The molecule has 0 radical (unpaired) electrons. The molecular weight excluding hydrogens is 254 g/mol. The lowest BCUT2D eigenvalue weighted by Crippen LogP contribution is -2.01. The lowest BCUT2D eigenvalue weighted by molar-refractivity contribution is 0.0602. The zero-order chi connectivity index (χ0) is 13.5. The number of benzene rings is 1. The van der Waals surface area contributed by atoms with Crippen LogP contribution < -0.4 is 0 Å². The number of sulfone groups is 1. The van der Waals surface area contributed by atoms with E-state index in [0.29, 0.717) is 10.9 Å². The molecule has 0 aliphatic carbocycles. The number of fused-ring (bicyclic) bond motifs is 1. The van der Waals surface area contributed by atoms with E-state index < -0.39 is 15.8 Å². The Morgan fingerprint density at radius 3 is 2.56 bits per heavy atom. The van der Waals surface area contributed by atoms with Gasteiger partial charge < -0.3 is 9.30 Å². The van der Waals surface area contributed by atoms with E-state index in [4.69, 9.17) is 0 Å². The maximum atomic E-state index is 11.6. The lowest BCUT2D eigenvalue weighted by atomic mass is 10.2. The van der Waals surface area contributed by atoms with Crippen LogP contribution >= 0.6 is 0 Å². The normalized spacial score (nSPS) is 11.7. The molecule has 0 fully saturated rings. The summed E-state index contributed by atoms with van der Waals surface area (Å²) in [6.45, 7) is 0. The van der Waals surface area contributed by atoms with Gasteiger partial charge in [-0.1, -0.05) is 0 Å². The first-order chi connectivity index (χ1) is 8.34. The molecule has 0 N–H and O–H groups in total. The monoisotopic (exact) mass is 267 g/mol. The molecule has 18 heavy (non-hydrogen) atoms. The highest BCUT2D eigenvalue weighted by Crippen LogP contribution is 2.24. The van der Waals surface area contributed by atoms with Crippen molar-refractivity contribution in [2.75, 3.05) is 13.4 Å². The van der Waals surface area contributed by atoms with Crippen molar-refractivity contribution in [3.63, 3.8) is 0 Å². The molecule has 1 aromatic heterocycles. The van der Waals surface area contributed by atoms with E-state index >= 15 is 0 Å². The first-order valence-corrected chi connectivity index (χ1v) is 7.11. The van der Waals surface area contributed by atoms with Gasteiger partial charge in [0.25, 0.3) is 0 Å². The van der Waals surface area contributed by atoms with E-state index in [1.165, 1.54) is 19.2 Å². The Bertz CT molecular complexity index is 728. The van der Waals surface area contributed by atoms with E-state index in [1.807, 2.05) is 0 Å². The number of aryl methyl sites for hydroxylation is 1. The molecule has 0 aliphatic heterocycles. The minimum atomic E-state index is -3.30. The molecule has 2 rings (SSSR count). The second-order valence-corrected chi connectivity index (χ2v) is 6.11. The molecule has 1 heterocycles. The van der Waals surface area contributed by atoms with E-state index in [2.05, 4.69) is 4.74 Å². The third kappa shape index (κ3) is 1.99. The van der Waals surface area contributed by atoms with Gasteiger partial charge in [0, 0.05) is 30.4 Å². The van der Waals surface area contributed by atoms with Crippen molar-refractivity contribution in [1.29, 1.82) is 0 Å². The summed E-state index contributed by atoms with van der Waals surface area (Å²) in [6, 6.07) is 4.70. The van der Waals surface area contributed by atoms with Crippen LogP contribution in [0.25, 0.3) is 10.9 Å². The maximum Gasteiger partial charge on any atom is 0.340 e. The Kier molecular flexibility index (Phi) is 2.90. The Morgan fingerprint density at radius 1 is 1.33 bits per heavy atom.